The Morgan fingerprint density at radius 1 is 1.26 bits per heavy atom. The van der Waals surface area contributed by atoms with E-state index in [1.165, 1.54) is 0 Å². The number of allylic oxidation sites excluding steroid dienone is 1. The monoisotopic (exact) mass is 417 g/mol. The molecule has 0 amide bonds. The Morgan fingerprint density at radius 2 is 2.06 bits per heavy atom. The first-order valence-electron chi connectivity index (χ1n) is 10.1. The number of nitrogens with zero attached hydrogens (tertiary/aromatic N) is 2. The third kappa shape index (κ3) is 4.21. The average Bonchev–Trinajstić information content (AvgIpc) is 3.34. The van der Waals surface area contributed by atoms with Crippen LogP contribution in [0.3, 0.4) is 0 Å². The zero-order valence-electron chi connectivity index (χ0n) is 17.3. The zero-order valence-corrected chi connectivity index (χ0v) is 17.3. The average molecular weight is 417 g/mol. The van der Waals surface area contributed by atoms with E-state index in [-0.39, 0.29) is 35.5 Å². The van der Waals surface area contributed by atoms with Gasteiger partial charge in [0.15, 0.2) is 22.9 Å². The molecule has 158 valence electrons. The molecule has 0 saturated carbocycles. The Balaban J connectivity index is 1.64. The highest BCUT2D eigenvalue weighted by Gasteiger charge is 2.27. The topological polar surface area (TPSA) is 97.0 Å². The maximum atomic E-state index is 12.5. The van der Waals surface area contributed by atoms with E-state index >= 15 is 0 Å². The molecule has 7 nitrogen and oxygen atoms in total. The van der Waals surface area contributed by atoms with E-state index in [0.29, 0.717) is 12.4 Å². The summed E-state index contributed by atoms with van der Waals surface area (Å²) in [7, 11) is 0. The van der Waals surface area contributed by atoms with Crippen molar-refractivity contribution in [3.05, 3.63) is 71.1 Å². The quantitative estimate of drug-likeness (QED) is 0.524. The van der Waals surface area contributed by atoms with Gasteiger partial charge in [0, 0.05) is 30.1 Å². The molecule has 1 aromatic carbocycles. The van der Waals surface area contributed by atoms with Crippen molar-refractivity contribution in [2.24, 2.45) is 4.99 Å². The van der Waals surface area contributed by atoms with E-state index in [1.54, 1.807) is 25.4 Å². The molecule has 0 fully saturated rings. The van der Waals surface area contributed by atoms with Crippen molar-refractivity contribution in [2.45, 2.75) is 19.8 Å². The van der Waals surface area contributed by atoms with Gasteiger partial charge in [-0.3, -0.25) is 0 Å². The van der Waals surface area contributed by atoms with Crippen LogP contribution < -0.4 is 5.32 Å². The number of furan rings is 1. The van der Waals surface area contributed by atoms with Gasteiger partial charge in [0.1, 0.15) is 0 Å². The molecule has 2 aromatic heterocycles. The van der Waals surface area contributed by atoms with Crippen molar-refractivity contribution in [1.29, 1.82) is 0 Å². The number of pyridine rings is 1. The Morgan fingerprint density at radius 3 is 2.84 bits per heavy atom. The first-order valence-corrected chi connectivity index (χ1v) is 10.1. The fraction of sp³-hybridized carbons (Fsp3) is 0.208. The highest BCUT2D eigenvalue weighted by atomic mass is 16.5. The van der Waals surface area contributed by atoms with Crippen molar-refractivity contribution in [1.82, 2.24) is 4.98 Å². The molecular formula is C24H23N3O4. The zero-order chi connectivity index (χ0) is 21.8. The molecule has 3 heterocycles. The number of benzene rings is 1. The van der Waals surface area contributed by atoms with Crippen molar-refractivity contribution >= 4 is 35.5 Å². The molecule has 1 aliphatic heterocycles. The van der Waals surface area contributed by atoms with E-state index in [4.69, 9.17) is 9.15 Å². The summed E-state index contributed by atoms with van der Waals surface area (Å²) >= 11 is 0. The highest BCUT2D eigenvalue weighted by Crippen LogP contribution is 2.38. The van der Waals surface area contributed by atoms with Crippen LogP contribution in [-0.2, 0) is 4.74 Å². The van der Waals surface area contributed by atoms with Crippen LogP contribution in [-0.4, -0.2) is 35.4 Å². The smallest absolute Gasteiger partial charge is 0.347 e. The van der Waals surface area contributed by atoms with Crippen LogP contribution in [0, 0.1) is 0 Å². The summed E-state index contributed by atoms with van der Waals surface area (Å²) < 4.78 is 11.0. The van der Waals surface area contributed by atoms with E-state index in [9.17, 15) is 9.90 Å². The highest BCUT2D eigenvalue weighted by molar-refractivity contribution is 6.21. The maximum Gasteiger partial charge on any atom is 0.347 e. The summed E-state index contributed by atoms with van der Waals surface area (Å²) in [5.74, 6) is 0.158. The van der Waals surface area contributed by atoms with Gasteiger partial charge in [-0.2, -0.15) is 0 Å². The number of aromatic hydroxyl groups is 1. The number of carbonyl (C=O) groups excluding carboxylic acids is 1. The van der Waals surface area contributed by atoms with E-state index in [0.717, 1.165) is 16.7 Å². The predicted molar refractivity (Wildman–Crippen MR) is 120 cm³/mol. The summed E-state index contributed by atoms with van der Waals surface area (Å²) in [6.45, 7) is 4.47. The second-order valence-corrected chi connectivity index (χ2v) is 7.16. The predicted octanol–water partition coefficient (Wildman–Crippen LogP) is 5.03. The largest absolute Gasteiger partial charge is 0.504 e. The van der Waals surface area contributed by atoms with Crippen LogP contribution in [0.5, 0.6) is 5.75 Å². The van der Waals surface area contributed by atoms with E-state index in [2.05, 4.69) is 22.2 Å². The molecule has 7 heteroatoms. The van der Waals surface area contributed by atoms with Gasteiger partial charge in [0.05, 0.1) is 6.61 Å². The number of ether oxygens (including phenoxy) is 1. The number of nitrogens with one attached hydrogen (secondary N) is 1. The minimum Gasteiger partial charge on any atom is -0.504 e. The number of esters is 1. The molecule has 2 N–H and O–H groups in total. The number of aliphatic imine (C=N–C) groups is 1. The molecule has 1 aliphatic rings. The Labute approximate surface area is 180 Å². The van der Waals surface area contributed by atoms with Gasteiger partial charge in [-0.15, -0.1) is 0 Å². The standard InChI is InChI=1S/C24H23N3O4/c1-3-30-24(29)20-21(28)19(12-17-14-26-22-18(17)10-7-11-25-22)31-23(20)27-13-15(2)16-8-5-4-6-9-16/h4-12,14-15,27-28H,3,13H2,1-2H3. The lowest BCUT2D eigenvalue weighted by Crippen LogP contribution is -2.12. The summed E-state index contributed by atoms with van der Waals surface area (Å²) in [6, 6.07) is 13.7. The second-order valence-electron chi connectivity index (χ2n) is 7.16. The summed E-state index contributed by atoms with van der Waals surface area (Å²) in [5, 5.41) is 13.9. The number of anilines is 1. The second kappa shape index (κ2) is 8.87. The lowest BCUT2D eigenvalue weighted by Gasteiger charge is -2.13. The Hall–Kier alpha value is -3.87. The molecule has 0 saturated heterocycles. The minimum atomic E-state index is -0.648. The molecular weight excluding hydrogens is 394 g/mol. The number of fused-ring (bicyclic) bond motifs is 1. The SMILES string of the molecule is CCOC(=O)c1c(NCC(C)c2ccccc2)oc(C=C2C=Nc3ncccc32)c1O. The van der Waals surface area contributed by atoms with Gasteiger partial charge >= 0.3 is 5.97 Å². The lowest BCUT2D eigenvalue weighted by atomic mass is 10.0. The van der Waals surface area contributed by atoms with Crippen LogP contribution in [0.15, 0.2) is 58.1 Å². The molecule has 0 radical (unpaired) electrons. The van der Waals surface area contributed by atoms with Gasteiger partial charge in [-0.25, -0.2) is 14.8 Å². The van der Waals surface area contributed by atoms with Crippen molar-refractivity contribution in [2.75, 3.05) is 18.5 Å². The van der Waals surface area contributed by atoms with Gasteiger partial charge in [-0.05, 0) is 36.6 Å². The van der Waals surface area contributed by atoms with Crippen LogP contribution >= 0.6 is 0 Å². The first-order chi connectivity index (χ1) is 15.1. The van der Waals surface area contributed by atoms with Gasteiger partial charge in [0.25, 0.3) is 0 Å². The molecule has 1 atom stereocenters. The Bertz CT molecular complexity index is 1150. The van der Waals surface area contributed by atoms with Crippen molar-refractivity contribution < 1.29 is 19.1 Å². The number of hydrogen-bond acceptors (Lipinski definition) is 7. The molecule has 3 aromatic rings. The summed E-state index contributed by atoms with van der Waals surface area (Å²) in [6.07, 6.45) is 4.95. The minimum absolute atomic E-state index is 0.0182. The molecule has 1 unspecified atom stereocenters. The van der Waals surface area contributed by atoms with Crippen molar-refractivity contribution in [3.63, 3.8) is 0 Å². The molecule has 31 heavy (non-hydrogen) atoms. The van der Waals surface area contributed by atoms with Crippen LogP contribution in [0.2, 0.25) is 0 Å². The molecule has 0 spiro atoms. The third-order valence-electron chi connectivity index (χ3n) is 5.04. The number of rotatable bonds is 7. The molecule has 0 aliphatic carbocycles. The molecule has 4 rings (SSSR count). The fourth-order valence-corrected chi connectivity index (χ4v) is 3.38. The summed E-state index contributed by atoms with van der Waals surface area (Å²) in [4.78, 5) is 21.0. The lowest BCUT2D eigenvalue weighted by molar-refractivity contribution is 0.0524. The van der Waals surface area contributed by atoms with E-state index < -0.39 is 5.97 Å². The summed E-state index contributed by atoms with van der Waals surface area (Å²) in [5.41, 5.74) is 2.68. The van der Waals surface area contributed by atoms with Gasteiger partial charge in [-0.1, -0.05) is 37.3 Å². The fourth-order valence-electron chi connectivity index (χ4n) is 3.38. The third-order valence-corrected chi connectivity index (χ3v) is 5.04. The normalized spacial score (nSPS) is 14.5. The maximum absolute atomic E-state index is 12.5. The number of carbonyl (C=O) groups is 1. The van der Waals surface area contributed by atoms with Crippen LogP contribution in [0.4, 0.5) is 11.7 Å². The first kappa shape index (κ1) is 20.4. The van der Waals surface area contributed by atoms with Crippen LogP contribution in [0.1, 0.15) is 47.0 Å². The number of hydrogen-bond donors (Lipinski definition) is 2. The van der Waals surface area contributed by atoms with Gasteiger partial charge < -0.3 is 19.6 Å². The van der Waals surface area contributed by atoms with Gasteiger partial charge in [0.2, 0.25) is 5.88 Å². The Kier molecular flexibility index (Phi) is 5.84. The van der Waals surface area contributed by atoms with E-state index in [1.807, 2.05) is 42.5 Å². The number of aromatic nitrogens is 1. The molecule has 0 bridgehead atoms. The van der Waals surface area contributed by atoms with Crippen molar-refractivity contribution in [3.8, 4) is 5.75 Å². The van der Waals surface area contributed by atoms with Crippen LogP contribution in [0.25, 0.3) is 11.6 Å².